The summed E-state index contributed by atoms with van der Waals surface area (Å²) < 4.78 is 1.36. The minimum absolute atomic E-state index is 0.0771. The van der Waals surface area contributed by atoms with Crippen LogP contribution in [0.15, 0.2) is 104 Å². The summed E-state index contributed by atoms with van der Waals surface area (Å²) in [5, 5.41) is 6.71. The van der Waals surface area contributed by atoms with E-state index < -0.39 is 0 Å². The molecule has 0 nitrogen and oxygen atoms in total. The van der Waals surface area contributed by atoms with Gasteiger partial charge in [0.2, 0.25) is 0 Å². The quantitative estimate of drug-likeness (QED) is 0.163. The normalized spacial score (nSPS) is 15.6. The van der Waals surface area contributed by atoms with Crippen LogP contribution in [0, 0.1) is 6.92 Å². The van der Waals surface area contributed by atoms with E-state index in [-0.39, 0.29) is 5.41 Å². The number of thiophene rings is 1. The van der Waals surface area contributed by atoms with Crippen LogP contribution in [0.3, 0.4) is 0 Å². The molecular weight excluding hydrogens is 645 g/mol. The molecule has 0 radical (unpaired) electrons. The minimum Gasteiger partial charge on any atom is -0.136 e. The van der Waals surface area contributed by atoms with E-state index in [0.29, 0.717) is 0 Å². The van der Waals surface area contributed by atoms with Crippen molar-refractivity contribution in [2.24, 2.45) is 0 Å². The van der Waals surface area contributed by atoms with Gasteiger partial charge in [-0.05, 0) is 169 Å². The summed E-state index contributed by atoms with van der Waals surface area (Å²) in [6, 6.07) is 26.0. The number of rotatable bonds is 6. The van der Waals surface area contributed by atoms with Crippen LogP contribution in [0.5, 0.6) is 0 Å². The highest BCUT2D eigenvalue weighted by Crippen LogP contribution is 2.53. The number of aryl methyl sites for hydroxylation is 1. The molecule has 0 spiro atoms. The molecule has 0 fully saturated rings. The Kier molecular flexibility index (Phi) is 7.83. The zero-order chi connectivity index (χ0) is 35.7. The Bertz CT molecular complexity index is 2750. The number of fused-ring (bicyclic) bond motifs is 7. The van der Waals surface area contributed by atoms with Crippen molar-refractivity contribution in [2.75, 3.05) is 0 Å². The average Bonchev–Trinajstić information content (AvgIpc) is 3.61. The summed E-state index contributed by atoms with van der Waals surface area (Å²) in [4.78, 5) is 1.35. The first-order valence-electron chi connectivity index (χ1n) is 18.7. The molecule has 0 aliphatic heterocycles. The van der Waals surface area contributed by atoms with Gasteiger partial charge in [-0.2, -0.15) is 0 Å². The molecule has 6 aromatic rings. The van der Waals surface area contributed by atoms with E-state index in [9.17, 15) is 0 Å². The summed E-state index contributed by atoms with van der Waals surface area (Å²) in [7, 11) is 0. The molecule has 1 heterocycles. The van der Waals surface area contributed by atoms with Crippen LogP contribution in [-0.2, 0) is 5.41 Å². The van der Waals surface area contributed by atoms with Gasteiger partial charge in [-0.3, -0.25) is 0 Å². The zero-order valence-electron chi connectivity index (χ0n) is 30.7. The third-order valence-corrected chi connectivity index (χ3v) is 13.0. The molecule has 0 bridgehead atoms. The molecule has 0 amide bonds. The van der Waals surface area contributed by atoms with Crippen molar-refractivity contribution >= 4 is 68.1 Å². The van der Waals surface area contributed by atoms with Gasteiger partial charge < -0.3 is 0 Å². The summed E-state index contributed by atoms with van der Waals surface area (Å²) in [6.45, 7) is 17.8. The SMILES string of the molecule is C=Cc1c(C=C)c(-c2cccc(-c3ccc4c(c3)-c3c(ccc5cc6c(C)c(/C=C\C)sc6cc35)C4(C)C)c2)c2c(c1C1=CC=CCC1)=CCCC=2. The highest BCUT2D eigenvalue weighted by atomic mass is 32.1. The molecule has 5 aromatic carbocycles. The Balaban J connectivity index is 1.23. The lowest BCUT2D eigenvalue weighted by molar-refractivity contribution is 0.661. The van der Waals surface area contributed by atoms with Gasteiger partial charge in [0, 0.05) is 15.0 Å². The van der Waals surface area contributed by atoms with Gasteiger partial charge in [-0.25, -0.2) is 0 Å². The van der Waals surface area contributed by atoms with Crippen molar-refractivity contribution in [2.45, 2.75) is 58.8 Å². The summed E-state index contributed by atoms with van der Waals surface area (Å²) in [5.41, 5.74) is 16.9. The standard InChI is InChI=1S/C51H44S/c1-7-16-46-31(4)41-29-35-24-26-45-50(42(35)30-47(41)52-46)43-28-34(23-25-44(43)51(45,5)6)33-19-15-20-36(27-33)49-38(9-3)37(8-2)48(32-17-11-10-12-18-32)39-21-13-14-22-40(39)49/h7-11,15-17,19-30H,2-3,12-14,18H2,1,4-6H3/b16-7-. The Morgan fingerprint density at radius 2 is 1.46 bits per heavy atom. The summed E-state index contributed by atoms with van der Waals surface area (Å²) in [5.74, 6) is 0. The highest BCUT2D eigenvalue weighted by molar-refractivity contribution is 7.20. The van der Waals surface area contributed by atoms with E-state index in [1.807, 2.05) is 11.3 Å². The van der Waals surface area contributed by atoms with Crippen LogP contribution in [-0.4, -0.2) is 0 Å². The zero-order valence-corrected chi connectivity index (χ0v) is 31.5. The van der Waals surface area contributed by atoms with E-state index in [1.165, 1.54) is 109 Å². The van der Waals surface area contributed by atoms with Gasteiger partial charge >= 0.3 is 0 Å². The third kappa shape index (κ3) is 4.86. The lowest BCUT2D eigenvalue weighted by atomic mass is 9.81. The van der Waals surface area contributed by atoms with Crippen LogP contribution >= 0.6 is 11.3 Å². The molecule has 0 saturated carbocycles. The molecule has 52 heavy (non-hydrogen) atoms. The smallest absolute Gasteiger partial charge is 0.0358 e. The summed E-state index contributed by atoms with van der Waals surface area (Å²) in [6.07, 6.45) is 24.4. The van der Waals surface area contributed by atoms with E-state index in [4.69, 9.17) is 0 Å². The van der Waals surface area contributed by atoms with Crippen molar-refractivity contribution in [3.63, 3.8) is 0 Å². The van der Waals surface area contributed by atoms with Crippen molar-refractivity contribution in [1.82, 2.24) is 0 Å². The monoisotopic (exact) mass is 688 g/mol. The molecule has 9 rings (SSSR count). The van der Waals surface area contributed by atoms with Crippen molar-refractivity contribution in [1.29, 1.82) is 0 Å². The topological polar surface area (TPSA) is 0 Å². The van der Waals surface area contributed by atoms with E-state index >= 15 is 0 Å². The van der Waals surface area contributed by atoms with Crippen LogP contribution in [0.1, 0.15) is 84.7 Å². The molecule has 1 aromatic heterocycles. The molecule has 0 N–H and O–H groups in total. The van der Waals surface area contributed by atoms with Gasteiger partial charge in [-0.15, -0.1) is 11.3 Å². The molecule has 0 saturated heterocycles. The highest BCUT2D eigenvalue weighted by Gasteiger charge is 2.36. The first kappa shape index (κ1) is 32.7. The Morgan fingerprint density at radius 3 is 2.21 bits per heavy atom. The van der Waals surface area contributed by atoms with E-state index in [2.05, 4.69) is 162 Å². The van der Waals surface area contributed by atoms with E-state index in [0.717, 1.165) is 25.7 Å². The fourth-order valence-electron chi connectivity index (χ4n) is 9.25. The number of hydrogen-bond acceptors (Lipinski definition) is 1. The van der Waals surface area contributed by atoms with Gasteiger partial charge in [0.25, 0.3) is 0 Å². The molecule has 0 unspecified atom stereocenters. The molecule has 3 aliphatic carbocycles. The molecule has 0 atom stereocenters. The Labute approximate surface area is 311 Å². The summed E-state index contributed by atoms with van der Waals surface area (Å²) >= 11 is 1.90. The van der Waals surface area contributed by atoms with Gasteiger partial charge in [0.15, 0.2) is 0 Å². The Hall–Kier alpha value is -5.24. The number of hydrogen-bond donors (Lipinski definition) is 0. The van der Waals surface area contributed by atoms with Gasteiger partial charge in [-0.1, -0.05) is 118 Å². The maximum atomic E-state index is 4.37. The number of allylic oxidation sites excluding steroid dienone is 5. The predicted octanol–water partition coefficient (Wildman–Crippen LogP) is 13.4. The van der Waals surface area contributed by atoms with Crippen LogP contribution in [0.25, 0.3) is 90.2 Å². The second-order valence-electron chi connectivity index (χ2n) is 15.1. The fourth-order valence-corrected chi connectivity index (χ4v) is 10.5. The minimum atomic E-state index is -0.0771. The second kappa shape index (κ2) is 12.5. The van der Waals surface area contributed by atoms with E-state index in [1.54, 1.807) is 0 Å². The van der Waals surface area contributed by atoms with Crippen molar-refractivity contribution in [3.05, 3.63) is 153 Å². The maximum Gasteiger partial charge on any atom is 0.0358 e. The molecule has 254 valence electrons. The van der Waals surface area contributed by atoms with Crippen molar-refractivity contribution < 1.29 is 0 Å². The molecular formula is C51H44S. The van der Waals surface area contributed by atoms with Crippen LogP contribution < -0.4 is 10.4 Å². The maximum absolute atomic E-state index is 4.37. The first-order valence-corrected chi connectivity index (χ1v) is 19.6. The second-order valence-corrected chi connectivity index (χ2v) is 16.2. The Morgan fingerprint density at radius 1 is 0.731 bits per heavy atom. The largest absolute Gasteiger partial charge is 0.136 e. The lowest BCUT2D eigenvalue weighted by Gasteiger charge is -2.22. The van der Waals surface area contributed by atoms with Crippen molar-refractivity contribution in [3.8, 4) is 33.4 Å². The lowest BCUT2D eigenvalue weighted by Crippen LogP contribution is -2.34. The number of benzene rings is 5. The van der Waals surface area contributed by atoms with Crippen LogP contribution in [0.4, 0.5) is 0 Å². The predicted molar refractivity (Wildman–Crippen MR) is 231 cm³/mol. The fraction of sp³-hybridized carbons (Fsp3) is 0.176. The average molecular weight is 689 g/mol. The van der Waals surface area contributed by atoms with Gasteiger partial charge in [0.1, 0.15) is 0 Å². The van der Waals surface area contributed by atoms with Crippen LogP contribution in [0.2, 0.25) is 0 Å². The molecule has 1 heteroatoms. The first-order chi connectivity index (χ1) is 25.3. The van der Waals surface area contributed by atoms with Gasteiger partial charge in [0.05, 0.1) is 0 Å². The third-order valence-electron chi connectivity index (χ3n) is 11.8. The molecule has 3 aliphatic rings.